The van der Waals surface area contributed by atoms with Crippen LogP contribution >= 0.6 is 24.8 Å². The van der Waals surface area contributed by atoms with Gasteiger partial charge in [0, 0.05) is 39.3 Å². The first kappa shape index (κ1) is 30.1. The predicted molar refractivity (Wildman–Crippen MR) is 141 cm³/mol. The molecule has 0 spiro atoms. The number of piperazine rings is 1. The van der Waals surface area contributed by atoms with Gasteiger partial charge >= 0.3 is 0 Å². The van der Waals surface area contributed by atoms with E-state index < -0.39 is 6.10 Å². The summed E-state index contributed by atoms with van der Waals surface area (Å²) in [6.45, 7) is 6.10. The topological polar surface area (TPSA) is 82.1 Å². The molecule has 2 heterocycles. The van der Waals surface area contributed by atoms with Crippen LogP contribution in [0.4, 0.5) is 0 Å². The van der Waals surface area contributed by atoms with E-state index in [2.05, 4.69) is 21.9 Å². The van der Waals surface area contributed by atoms with E-state index in [1.807, 2.05) is 18.2 Å². The van der Waals surface area contributed by atoms with Gasteiger partial charge in [-0.25, -0.2) is 0 Å². The predicted octanol–water partition coefficient (Wildman–Crippen LogP) is 2.98. The number of hydrogen-bond acceptors (Lipinski definition) is 9. The third-order valence-electron chi connectivity index (χ3n) is 6.08. The molecule has 11 heteroatoms. The van der Waals surface area contributed by atoms with Crippen LogP contribution in [-0.2, 0) is 17.9 Å². The van der Waals surface area contributed by atoms with Crippen LogP contribution in [-0.4, -0.2) is 88.5 Å². The number of aliphatic hydroxyl groups excluding tert-OH is 1. The van der Waals surface area contributed by atoms with E-state index in [1.54, 1.807) is 21.3 Å². The smallest absolute Gasteiger partial charge is 0.231 e. The van der Waals surface area contributed by atoms with Crippen molar-refractivity contribution >= 4 is 24.8 Å². The standard InChI is InChI=1S/C25H34N2O7.2ClH/c1-29-23-11-19(12-24(30-2)25(23)31-3)15-32-16-20(28)14-27-8-6-26(7-9-27)13-18-4-5-21-22(10-18)34-17-33-21;;/h4-5,10-12,20,28H,6-9,13-17H2,1-3H3;2*1H. The molecule has 1 fully saturated rings. The maximum Gasteiger partial charge on any atom is 0.231 e. The van der Waals surface area contributed by atoms with Crippen molar-refractivity contribution in [1.82, 2.24) is 9.80 Å². The zero-order chi connectivity index (χ0) is 23.9. The minimum atomic E-state index is -0.553. The molecule has 4 rings (SSSR count). The molecule has 1 atom stereocenters. The van der Waals surface area contributed by atoms with Crippen LogP contribution < -0.4 is 23.7 Å². The number of methoxy groups -OCH3 is 3. The summed E-state index contributed by atoms with van der Waals surface area (Å²) in [6, 6.07) is 9.83. The quantitative estimate of drug-likeness (QED) is 0.457. The second-order valence-corrected chi connectivity index (χ2v) is 8.47. The van der Waals surface area contributed by atoms with Gasteiger partial charge in [0.1, 0.15) is 0 Å². The fourth-order valence-corrected chi connectivity index (χ4v) is 4.31. The SMILES string of the molecule is COc1cc(COCC(O)CN2CCN(Cc3ccc4c(c3)OCO4)CC2)cc(OC)c1OC.Cl.Cl. The summed E-state index contributed by atoms with van der Waals surface area (Å²) in [4.78, 5) is 4.70. The molecular weight excluding hydrogens is 511 g/mol. The maximum absolute atomic E-state index is 10.5. The Morgan fingerprint density at radius 1 is 0.833 bits per heavy atom. The van der Waals surface area contributed by atoms with E-state index in [4.69, 9.17) is 28.4 Å². The minimum absolute atomic E-state index is 0. The minimum Gasteiger partial charge on any atom is -0.493 e. The highest BCUT2D eigenvalue weighted by atomic mass is 35.5. The van der Waals surface area contributed by atoms with Gasteiger partial charge < -0.3 is 33.5 Å². The maximum atomic E-state index is 10.5. The number of rotatable bonds is 11. The van der Waals surface area contributed by atoms with Crippen LogP contribution in [0.1, 0.15) is 11.1 Å². The van der Waals surface area contributed by atoms with Crippen LogP contribution in [0.15, 0.2) is 30.3 Å². The Hall–Kier alpha value is -2.14. The fraction of sp³-hybridized carbons (Fsp3) is 0.520. The zero-order valence-electron chi connectivity index (χ0n) is 20.9. The molecule has 0 amide bonds. The molecule has 0 aromatic heterocycles. The normalized spacial score (nSPS) is 16.0. The van der Waals surface area contributed by atoms with Gasteiger partial charge in [0.25, 0.3) is 0 Å². The zero-order valence-corrected chi connectivity index (χ0v) is 22.6. The Bertz CT molecular complexity index is 933. The number of nitrogens with zero attached hydrogens (tertiary/aromatic N) is 2. The Morgan fingerprint density at radius 3 is 2.11 bits per heavy atom. The molecular formula is C25H36Cl2N2O7. The Balaban J connectivity index is 0.00000228. The van der Waals surface area contributed by atoms with Crippen molar-refractivity contribution in [3.63, 3.8) is 0 Å². The van der Waals surface area contributed by atoms with Gasteiger partial charge in [0.15, 0.2) is 23.0 Å². The first-order chi connectivity index (χ1) is 16.6. The van der Waals surface area contributed by atoms with Crippen LogP contribution in [0.3, 0.4) is 0 Å². The molecule has 1 saturated heterocycles. The molecule has 0 bridgehead atoms. The summed E-state index contributed by atoms with van der Waals surface area (Å²) in [7, 11) is 4.74. The number of aliphatic hydroxyl groups is 1. The van der Waals surface area contributed by atoms with Gasteiger partial charge in [-0.15, -0.1) is 24.8 Å². The Morgan fingerprint density at radius 2 is 1.47 bits per heavy atom. The molecule has 2 aromatic rings. The van der Waals surface area contributed by atoms with Gasteiger partial charge in [-0.3, -0.25) is 9.80 Å². The van der Waals surface area contributed by atoms with E-state index in [0.29, 0.717) is 37.2 Å². The molecule has 0 aliphatic carbocycles. The van der Waals surface area contributed by atoms with Crippen LogP contribution in [0.2, 0.25) is 0 Å². The van der Waals surface area contributed by atoms with E-state index in [9.17, 15) is 5.11 Å². The van der Waals surface area contributed by atoms with Gasteiger partial charge in [0.2, 0.25) is 12.5 Å². The molecule has 0 saturated carbocycles. The third kappa shape index (κ3) is 7.68. The third-order valence-corrected chi connectivity index (χ3v) is 6.08. The van der Waals surface area contributed by atoms with E-state index >= 15 is 0 Å². The first-order valence-corrected chi connectivity index (χ1v) is 11.5. The Labute approximate surface area is 225 Å². The molecule has 202 valence electrons. The van der Waals surface area contributed by atoms with Crippen molar-refractivity contribution in [1.29, 1.82) is 0 Å². The molecule has 2 aliphatic heterocycles. The molecule has 1 N–H and O–H groups in total. The number of β-amino-alcohol motifs (C(OH)–C–C–N with tert-alkyl or cyclic N) is 1. The average molecular weight is 547 g/mol. The van der Waals surface area contributed by atoms with Crippen molar-refractivity contribution < 1.29 is 33.5 Å². The summed E-state index contributed by atoms with van der Waals surface area (Å²) in [6.07, 6.45) is -0.553. The highest BCUT2D eigenvalue weighted by Crippen LogP contribution is 2.38. The number of hydrogen-bond donors (Lipinski definition) is 1. The number of halogens is 2. The van der Waals surface area contributed by atoms with Crippen molar-refractivity contribution in [2.75, 3.05) is 67.5 Å². The van der Waals surface area contributed by atoms with Crippen molar-refractivity contribution in [2.24, 2.45) is 0 Å². The average Bonchev–Trinajstić information content (AvgIpc) is 3.32. The number of ether oxygens (including phenoxy) is 6. The summed E-state index contributed by atoms with van der Waals surface area (Å²) < 4.78 is 32.7. The second-order valence-electron chi connectivity index (χ2n) is 8.47. The van der Waals surface area contributed by atoms with Crippen LogP contribution in [0, 0.1) is 0 Å². The van der Waals surface area contributed by atoms with E-state index in [1.165, 1.54) is 5.56 Å². The summed E-state index contributed by atoms with van der Waals surface area (Å²) in [5.41, 5.74) is 2.11. The fourth-order valence-electron chi connectivity index (χ4n) is 4.31. The lowest BCUT2D eigenvalue weighted by atomic mass is 10.1. The first-order valence-electron chi connectivity index (χ1n) is 11.5. The summed E-state index contributed by atoms with van der Waals surface area (Å²) >= 11 is 0. The number of benzene rings is 2. The van der Waals surface area contributed by atoms with Crippen molar-refractivity contribution in [3.8, 4) is 28.7 Å². The van der Waals surface area contributed by atoms with Gasteiger partial charge in [-0.1, -0.05) is 6.07 Å². The molecule has 1 unspecified atom stereocenters. The van der Waals surface area contributed by atoms with Gasteiger partial charge in [-0.05, 0) is 35.4 Å². The highest BCUT2D eigenvalue weighted by Gasteiger charge is 2.21. The summed E-state index contributed by atoms with van der Waals surface area (Å²) in [5, 5.41) is 10.5. The molecule has 0 radical (unpaired) electrons. The van der Waals surface area contributed by atoms with Crippen LogP contribution in [0.25, 0.3) is 0 Å². The van der Waals surface area contributed by atoms with Gasteiger partial charge in [-0.2, -0.15) is 0 Å². The summed E-state index contributed by atoms with van der Waals surface area (Å²) in [5.74, 6) is 3.35. The Kier molecular flexibility index (Phi) is 12.2. The van der Waals surface area contributed by atoms with Crippen LogP contribution in [0.5, 0.6) is 28.7 Å². The monoisotopic (exact) mass is 546 g/mol. The van der Waals surface area contributed by atoms with Gasteiger partial charge in [0.05, 0.1) is 40.6 Å². The lowest BCUT2D eigenvalue weighted by Gasteiger charge is -2.35. The molecule has 2 aromatic carbocycles. The second kappa shape index (κ2) is 14.6. The number of fused-ring (bicyclic) bond motifs is 1. The molecule has 36 heavy (non-hydrogen) atoms. The largest absolute Gasteiger partial charge is 0.493 e. The molecule has 2 aliphatic rings. The van der Waals surface area contributed by atoms with Crippen molar-refractivity contribution in [3.05, 3.63) is 41.5 Å². The highest BCUT2D eigenvalue weighted by molar-refractivity contribution is 5.85. The van der Waals surface area contributed by atoms with E-state index in [0.717, 1.165) is 49.8 Å². The molecule has 9 nitrogen and oxygen atoms in total. The lowest BCUT2D eigenvalue weighted by Crippen LogP contribution is -2.48. The van der Waals surface area contributed by atoms with Crippen molar-refractivity contribution in [2.45, 2.75) is 19.3 Å². The van der Waals surface area contributed by atoms with E-state index in [-0.39, 0.29) is 31.4 Å². The lowest BCUT2D eigenvalue weighted by molar-refractivity contribution is 0.000804.